The lowest BCUT2D eigenvalue weighted by molar-refractivity contribution is -0.175. The van der Waals surface area contributed by atoms with Gasteiger partial charge in [-0.1, -0.05) is 0 Å². The molecule has 0 aromatic heterocycles. The highest BCUT2D eigenvalue weighted by Gasteiger charge is 2.55. The van der Waals surface area contributed by atoms with Crippen LogP contribution in [0, 0.1) is 0 Å². The Morgan fingerprint density at radius 2 is 1.17 bits per heavy atom. The first-order valence-electron chi connectivity index (χ1n) is 2.51. The summed E-state index contributed by atoms with van der Waals surface area (Å²) in [5.74, 6) is -6.65. The van der Waals surface area contributed by atoms with Crippen molar-refractivity contribution in [1.82, 2.24) is 5.48 Å². The minimum absolute atomic E-state index is 0.715. The number of hydrogen-bond donors (Lipinski definition) is 5. The van der Waals surface area contributed by atoms with E-state index in [1.165, 1.54) is 0 Å². The molecule has 0 atom stereocenters. The summed E-state index contributed by atoms with van der Waals surface area (Å²) in [6.45, 7) is 0. The monoisotopic (exact) mass is 179 g/mol. The van der Waals surface area contributed by atoms with Crippen molar-refractivity contribution in [2.75, 3.05) is 0 Å². The zero-order valence-corrected chi connectivity index (χ0v) is 5.51. The summed E-state index contributed by atoms with van der Waals surface area (Å²) < 4.78 is 0. The predicted octanol–water partition coefficient (Wildman–Crippen LogP) is -2.04. The number of carboxylic acids is 3. The number of hydrogen-bond acceptors (Lipinski definition) is 5. The van der Waals surface area contributed by atoms with Crippen LogP contribution in [0.25, 0.3) is 0 Å². The van der Waals surface area contributed by atoms with Crippen LogP contribution in [0.4, 0.5) is 0 Å². The molecule has 0 unspecified atom stereocenters. The minimum atomic E-state index is -3.40. The Morgan fingerprint density at radius 3 is 1.17 bits per heavy atom. The van der Waals surface area contributed by atoms with Crippen LogP contribution in [0.1, 0.15) is 0 Å². The zero-order chi connectivity index (χ0) is 9.94. The van der Waals surface area contributed by atoms with Crippen molar-refractivity contribution < 1.29 is 34.9 Å². The van der Waals surface area contributed by atoms with E-state index in [2.05, 4.69) is 0 Å². The van der Waals surface area contributed by atoms with E-state index >= 15 is 0 Å². The van der Waals surface area contributed by atoms with Crippen LogP contribution in [0.2, 0.25) is 0 Å². The number of rotatable bonds is 4. The van der Waals surface area contributed by atoms with Gasteiger partial charge in [-0.15, -0.1) is 0 Å². The number of carboxylic acid groups (broad SMARTS) is 3. The van der Waals surface area contributed by atoms with Crippen LogP contribution < -0.4 is 5.48 Å². The molecule has 5 N–H and O–H groups in total. The van der Waals surface area contributed by atoms with Gasteiger partial charge in [-0.25, -0.2) is 14.4 Å². The maximum atomic E-state index is 10.2. The largest absolute Gasteiger partial charge is 0.479 e. The quantitative estimate of drug-likeness (QED) is 0.245. The van der Waals surface area contributed by atoms with Crippen LogP contribution in [0.3, 0.4) is 0 Å². The fourth-order valence-electron chi connectivity index (χ4n) is 0.418. The molecule has 0 amide bonds. The molecule has 0 bridgehead atoms. The van der Waals surface area contributed by atoms with Crippen molar-refractivity contribution in [3.63, 3.8) is 0 Å². The van der Waals surface area contributed by atoms with E-state index in [-0.39, 0.29) is 0 Å². The summed E-state index contributed by atoms with van der Waals surface area (Å²) in [5.41, 5.74) is -2.69. The Labute approximate surface area is 65.0 Å². The van der Waals surface area contributed by atoms with Gasteiger partial charge in [0.2, 0.25) is 0 Å². The summed E-state index contributed by atoms with van der Waals surface area (Å²) >= 11 is 0. The minimum Gasteiger partial charge on any atom is -0.479 e. The summed E-state index contributed by atoms with van der Waals surface area (Å²) in [6, 6.07) is 0. The Morgan fingerprint density at radius 1 is 0.917 bits per heavy atom. The second-order valence-corrected chi connectivity index (χ2v) is 1.78. The fraction of sp³-hybridized carbons (Fsp3) is 0.250. The molecule has 0 aliphatic rings. The topological polar surface area (TPSA) is 144 Å². The standard InChI is InChI=1S/C4H5NO7/c6-1(7)4(5-12,2(8)9)3(10)11/h5,12H,(H,6,7)(H,8,9)(H,10,11). The molecule has 12 heavy (non-hydrogen) atoms. The van der Waals surface area contributed by atoms with Crippen molar-refractivity contribution in [2.24, 2.45) is 0 Å². The first kappa shape index (κ1) is 10.3. The first-order valence-corrected chi connectivity index (χ1v) is 2.51. The third kappa shape index (κ3) is 1.20. The predicted molar refractivity (Wildman–Crippen MR) is 30.6 cm³/mol. The average molecular weight is 179 g/mol. The molecule has 0 spiro atoms. The lowest BCUT2D eigenvalue weighted by Crippen LogP contribution is -2.62. The third-order valence-electron chi connectivity index (χ3n) is 1.13. The molecule has 0 aliphatic heterocycles. The fourth-order valence-corrected chi connectivity index (χ4v) is 0.418. The Bertz CT molecular complexity index is 198. The molecule has 0 saturated carbocycles. The van der Waals surface area contributed by atoms with E-state index in [1.807, 2.05) is 0 Å². The van der Waals surface area contributed by atoms with Crippen LogP contribution in [0.15, 0.2) is 0 Å². The highest BCUT2D eigenvalue weighted by Crippen LogP contribution is 2.04. The highest BCUT2D eigenvalue weighted by atomic mass is 16.5. The molecule has 0 aromatic carbocycles. The number of nitrogens with one attached hydrogen (secondary N) is 1. The van der Waals surface area contributed by atoms with Crippen molar-refractivity contribution in [3.8, 4) is 0 Å². The smallest absolute Gasteiger partial charge is 0.349 e. The molecule has 8 heteroatoms. The summed E-state index contributed by atoms with van der Waals surface area (Å²) in [5, 5.41) is 32.6. The van der Waals surface area contributed by atoms with Gasteiger partial charge in [0.1, 0.15) is 0 Å². The molecule has 0 saturated heterocycles. The third-order valence-corrected chi connectivity index (χ3v) is 1.13. The molecular formula is C4H5NO7. The second kappa shape index (κ2) is 3.15. The first-order chi connectivity index (χ1) is 5.39. The van der Waals surface area contributed by atoms with Crippen LogP contribution in [0.5, 0.6) is 0 Å². The number of carbonyl (C=O) groups is 3. The van der Waals surface area contributed by atoms with E-state index in [9.17, 15) is 14.4 Å². The van der Waals surface area contributed by atoms with Gasteiger partial charge in [-0.3, -0.25) is 0 Å². The Hall–Kier alpha value is -1.67. The molecule has 68 valence electrons. The van der Waals surface area contributed by atoms with E-state index < -0.39 is 23.4 Å². The van der Waals surface area contributed by atoms with Gasteiger partial charge < -0.3 is 20.5 Å². The average Bonchev–Trinajstić information content (AvgIpc) is 1.86. The van der Waals surface area contributed by atoms with E-state index in [0.29, 0.717) is 5.48 Å². The molecule has 0 radical (unpaired) electrons. The lowest BCUT2D eigenvalue weighted by Gasteiger charge is -2.16. The van der Waals surface area contributed by atoms with Gasteiger partial charge in [0.15, 0.2) is 0 Å². The molecule has 0 fully saturated rings. The summed E-state index contributed by atoms with van der Waals surface area (Å²) in [4.78, 5) is 30.5. The van der Waals surface area contributed by atoms with Gasteiger partial charge in [-0.05, 0) is 0 Å². The van der Waals surface area contributed by atoms with E-state index in [0.717, 1.165) is 0 Å². The van der Waals surface area contributed by atoms with E-state index in [1.54, 1.807) is 0 Å². The number of hydroxylamine groups is 1. The Kier molecular flexibility index (Phi) is 2.71. The van der Waals surface area contributed by atoms with Crippen molar-refractivity contribution in [3.05, 3.63) is 0 Å². The van der Waals surface area contributed by atoms with Gasteiger partial charge in [0, 0.05) is 0 Å². The van der Waals surface area contributed by atoms with Crippen molar-refractivity contribution >= 4 is 17.9 Å². The Balaban J connectivity index is 5.19. The zero-order valence-electron chi connectivity index (χ0n) is 5.51. The molecule has 0 heterocycles. The number of aliphatic carboxylic acids is 3. The van der Waals surface area contributed by atoms with Gasteiger partial charge in [0.05, 0.1) is 0 Å². The maximum absolute atomic E-state index is 10.2. The summed E-state index contributed by atoms with van der Waals surface area (Å²) in [7, 11) is 0. The van der Waals surface area contributed by atoms with Crippen molar-refractivity contribution in [2.45, 2.75) is 5.54 Å². The molecular weight excluding hydrogens is 174 g/mol. The van der Waals surface area contributed by atoms with Gasteiger partial charge in [-0.2, -0.15) is 5.48 Å². The van der Waals surface area contributed by atoms with Crippen LogP contribution >= 0.6 is 0 Å². The molecule has 0 aliphatic carbocycles. The van der Waals surface area contributed by atoms with Gasteiger partial charge >= 0.3 is 23.4 Å². The normalized spacial score (nSPS) is 10.8. The molecule has 0 aromatic rings. The second-order valence-electron chi connectivity index (χ2n) is 1.78. The lowest BCUT2D eigenvalue weighted by atomic mass is 10.0. The van der Waals surface area contributed by atoms with Gasteiger partial charge in [0.25, 0.3) is 0 Å². The highest BCUT2D eigenvalue weighted by molar-refractivity contribution is 6.21. The van der Waals surface area contributed by atoms with Crippen LogP contribution in [-0.2, 0) is 14.4 Å². The van der Waals surface area contributed by atoms with E-state index in [4.69, 9.17) is 20.5 Å². The maximum Gasteiger partial charge on any atom is 0.349 e. The molecule has 0 rings (SSSR count). The van der Waals surface area contributed by atoms with Crippen LogP contribution in [-0.4, -0.2) is 44.0 Å². The SMILES string of the molecule is O=C(O)C(NO)(C(=O)O)C(=O)O. The molecule has 8 nitrogen and oxygen atoms in total. The van der Waals surface area contributed by atoms with Crippen molar-refractivity contribution in [1.29, 1.82) is 0 Å². The summed E-state index contributed by atoms with van der Waals surface area (Å²) in [6.07, 6.45) is 0.